The van der Waals surface area contributed by atoms with Gasteiger partial charge in [0.25, 0.3) is 0 Å². The summed E-state index contributed by atoms with van der Waals surface area (Å²) >= 11 is 0. The topological polar surface area (TPSA) is 38.7 Å². The molecule has 0 saturated carbocycles. The Morgan fingerprint density at radius 2 is 1.74 bits per heavy atom. The van der Waals surface area contributed by atoms with Crippen LogP contribution in [0, 0.1) is 0 Å². The number of halogens is 1. The van der Waals surface area contributed by atoms with Gasteiger partial charge in [-0.1, -0.05) is 30.8 Å². The minimum absolute atomic E-state index is 0.0110. The molecule has 0 spiro atoms. The van der Waals surface area contributed by atoms with E-state index < -0.39 is 5.67 Å². The van der Waals surface area contributed by atoms with Crippen molar-refractivity contribution in [2.75, 3.05) is 7.11 Å². The minimum atomic E-state index is -1.67. The molecule has 0 aliphatic heterocycles. The van der Waals surface area contributed by atoms with Gasteiger partial charge in [-0.25, -0.2) is 9.38 Å². The molecule has 1 aromatic rings. The lowest BCUT2D eigenvalue weighted by Gasteiger charge is -2.16. The number of carbonyl (C=O) groups excluding carboxylic acids is 1. The molecule has 19 heavy (non-hydrogen) atoms. The van der Waals surface area contributed by atoms with Crippen LogP contribution in [-0.2, 0) is 4.74 Å². The number of alkyl halides is 1. The highest BCUT2D eigenvalue weighted by atomic mass is 19.1. The van der Waals surface area contributed by atoms with Gasteiger partial charge in [0.05, 0.1) is 12.8 Å². The largest absolute Gasteiger partial charge is 0.482 e. The third kappa shape index (κ3) is 4.02. The SMILES string of the molecule is C=C(N=C(OC)C(C)(C)F)c1ccc(C(C)=O)cc1. The first-order valence-corrected chi connectivity index (χ1v) is 5.88. The van der Waals surface area contributed by atoms with Crippen molar-refractivity contribution < 1.29 is 13.9 Å². The molecule has 0 radical (unpaired) electrons. The van der Waals surface area contributed by atoms with E-state index in [1.165, 1.54) is 27.9 Å². The number of nitrogens with zero attached hydrogens (tertiary/aromatic N) is 1. The third-order valence-corrected chi connectivity index (χ3v) is 2.56. The first-order valence-electron chi connectivity index (χ1n) is 5.88. The van der Waals surface area contributed by atoms with Crippen molar-refractivity contribution in [3.8, 4) is 0 Å². The summed E-state index contributed by atoms with van der Waals surface area (Å²) in [5.41, 5.74) is 0.0385. The highest BCUT2D eigenvalue weighted by molar-refractivity contribution is 5.94. The average molecular weight is 263 g/mol. The van der Waals surface area contributed by atoms with Crippen LogP contribution in [-0.4, -0.2) is 24.5 Å². The molecular formula is C15H18FNO2. The Hall–Kier alpha value is -1.97. The van der Waals surface area contributed by atoms with Crippen LogP contribution in [0.3, 0.4) is 0 Å². The number of Topliss-reactive ketones (excluding diaryl/α,β-unsaturated/α-hetero) is 1. The second kappa shape index (κ2) is 5.78. The molecule has 4 heteroatoms. The van der Waals surface area contributed by atoms with Crippen molar-refractivity contribution in [1.82, 2.24) is 0 Å². The fourth-order valence-corrected chi connectivity index (χ4v) is 1.51. The molecule has 0 amide bonds. The normalized spacial score (nSPS) is 12.2. The molecule has 0 heterocycles. The van der Waals surface area contributed by atoms with Crippen molar-refractivity contribution in [2.24, 2.45) is 4.99 Å². The van der Waals surface area contributed by atoms with Gasteiger partial charge >= 0.3 is 0 Å². The summed E-state index contributed by atoms with van der Waals surface area (Å²) in [6.07, 6.45) is 0. The molecule has 0 aliphatic carbocycles. The summed E-state index contributed by atoms with van der Waals surface area (Å²) in [6, 6.07) is 6.82. The van der Waals surface area contributed by atoms with Crippen LogP contribution in [0.5, 0.6) is 0 Å². The summed E-state index contributed by atoms with van der Waals surface area (Å²) in [4.78, 5) is 15.2. The molecule has 3 nitrogen and oxygen atoms in total. The van der Waals surface area contributed by atoms with Crippen molar-refractivity contribution >= 4 is 17.4 Å². The molecule has 0 bridgehead atoms. The average Bonchev–Trinajstić information content (AvgIpc) is 2.34. The van der Waals surface area contributed by atoms with Gasteiger partial charge in [0.15, 0.2) is 11.5 Å². The van der Waals surface area contributed by atoms with Crippen LogP contribution >= 0.6 is 0 Å². The van der Waals surface area contributed by atoms with Gasteiger partial charge in [0.2, 0.25) is 5.90 Å². The summed E-state index contributed by atoms with van der Waals surface area (Å²) in [7, 11) is 1.37. The van der Waals surface area contributed by atoms with E-state index in [0.29, 0.717) is 16.8 Å². The monoisotopic (exact) mass is 263 g/mol. The van der Waals surface area contributed by atoms with Crippen LogP contribution in [0.25, 0.3) is 5.70 Å². The molecule has 0 saturated heterocycles. The standard InChI is InChI=1S/C15H18FNO2/c1-10(17-14(19-5)15(3,4)16)12-6-8-13(9-7-12)11(2)18/h6-9H,1H2,2-5H3. The number of methoxy groups -OCH3 is 1. The minimum Gasteiger partial charge on any atom is -0.482 e. The number of benzene rings is 1. The number of aliphatic imine (C=N–C) groups is 1. The van der Waals surface area contributed by atoms with E-state index in [1.54, 1.807) is 24.3 Å². The Balaban J connectivity index is 3.01. The number of ether oxygens (including phenoxy) is 1. The van der Waals surface area contributed by atoms with Gasteiger partial charge in [0.1, 0.15) is 0 Å². The molecule has 0 N–H and O–H groups in total. The Morgan fingerprint density at radius 3 is 2.11 bits per heavy atom. The van der Waals surface area contributed by atoms with Crippen LogP contribution in [0.1, 0.15) is 36.7 Å². The highest BCUT2D eigenvalue weighted by Gasteiger charge is 2.25. The first kappa shape index (κ1) is 15.1. The van der Waals surface area contributed by atoms with E-state index >= 15 is 0 Å². The van der Waals surface area contributed by atoms with E-state index in [2.05, 4.69) is 11.6 Å². The lowest BCUT2D eigenvalue weighted by molar-refractivity contribution is 0.101. The number of carbonyl (C=O) groups is 1. The summed E-state index contributed by atoms with van der Waals surface area (Å²) in [5.74, 6) is -0.0451. The van der Waals surface area contributed by atoms with Gasteiger partial charge in [-0.15, -0.1) is 0 Å². The lowest BCUT2D eigenvalue weighted by atomic mass is 10.1. The number of hydrogen-bond acceptors (Lipinski definition) is 3. The maximum absolute atomic E-state index is 13.8. The third-order valence-electron chi connectivity index (χ3n) is 2.56. The van der Waals surface area contributed by atoms with E-state index in [-0.39, 0.29) is 11.7 Å². The van der Waals surface area contributed by atoms with E-state index in [1.807, 2.05) is 0 Å². The summed E-state index contributed by atoms with van der Waals surface area (Å²) < 4.78 is 18.7. The molecule has 0 atom stereocenters. The quantitative estimate of drug-likeness (QED) is 0.472. The van der Waals surface area contributed by atoms with Crippen molar-refractivity contribution in [2.45, 2.75) is 26.4 Å². The van der Waals surface area contributed by atoms with Gasteiger partial charge < -0.3 is 4.74 Å². The predicted molar refractivity (Wildman–Crippen MR) is 75.1 cm³/mol. The molecule has 1 rings (SSSR count). The van der Waals surface area contributed by atoms with Gasteiger partial charge in [0, 0.05) is 5.56 Å². The van der Waals surface area contributed by atoms with Gasteiger partial charge in [-0.3, -0.25) is 4.79 Å². The number of ketones is 1. The highest BCUT2D eigenvalue weighted by Crippen LogP contribution is 2.19. The van der Waals surface area contributed by atoms with Gasteiger partial charge in [-0.05, 0) is 26.3 Å². The maximum Gasteiger partial charge on any atom is 0.226 e. The number of rotatable bonds is 4. The van der Waals surface area contributed by atoms with Gasteiger partial charge in [-0.2, -0.15) is 0 Å². The number of hydrogen-bond donors (Lipinski definition) is 0. The zero-order chi connectivity index (χ0) is 14.6. The van der Waals surface area contributed by atoms with E-state index in [4.69, 9.17) is 4.74 Å². The van der Waals surface area contributed by atoms with E-state index in [0.717, 1.165) is 0 Å². The zero-order valence-electron chi connectivity index (χ0n) is 11.7. The van der Waals surface area contributed by atoms with Crippen molar-refractivity contribution in [1.29, 1.82) is 0 Å². The van der Waals surface area contributed by atoms with Crippen LogP contribution in [0.15, 0.2) is 35.8 Å². The Labute approximate surface area is 112 Å². The zero-order valence-corrected chi connectivity index (χ0v) is 11.7. The second-order valence-corrected chi connectivity index (χ2v) is 4.67. The molecular weight excluding hydrogens is 245 g/mol. The fourth-order valence-electron chi connectivity index (χ4n) is 1.51. The first-order chi connectivity index (χ1) is 8.75. The smallest absolute Gasteiger partial charge is 0.226 e. The fraction of sp³-hybridized carbons (Fsp3) is 0.333. The summed E-state index contributed by atoms with van der Waals surface area (Å²) in [6.45, 7) is 8.00. The molecule has 102 valence electrons. The Morgan fingerprint density at radius 1 is 1.26 bits per heavy atom. The molecule has 0 aliphatic rings. The molecule has 1 aromatic carbocycles. The molecule has 0 aromatic heterocycles. The van der Waals surface area contributed by atoms with Crippen molar-refractivity contribution in [3.05, 3.63) is 42.0 Å². The molecule has 0 unspecified atom stereocenters. The lowest BCUT2D eigenvalue weighted by Crippen LogP contribution is -2.27. The Bertz CT molecular complexity index is 510. The Kier molecular flexibility index (Phi) is 4.59. The van der Waals surface area contributed by atoms with Crippen molar-refractivity contribution in [3.63, 3.8) is 0 Å². The predicted octanol–water partition coefficient (Wildman–Crippen LogP) is 3.65. The van der Waals surface area contributed by atoms with Crippen LogP contribution in [0.4, 0.5) is 4.39 Å². The van der Waals surface area contributed by atoms with Crippen LogP contribution < -0.4 is 0 Å². The summed E-state index contributed by atoms with van der Waals surface area (Å²) in [5, 5.41) is 0. The van der Waals surface area contributed by atoms with E-state index in [9.17, 15) is 9.18 Å². The van der Waals surface area contributed by atoms with Crippen LogP contribution in [0.2, 0.25) is 0 Å². The maximum atomic E-state index is 13.8. The second-order valence-electron chi connectivity index (χ2n) is 4.67. The molecule has 0 fully saturated rings.